The number of hydrogen-bond donors (Lipinski definition) is 1. The molecule has 1 amide bonds. The molecular formula is C6H12FNO. The van der Waals surface area contributed by atoms with E-state index in [4.69, 9.17) is 5.73 Å². The number of hydrogen-bond acceptors (Lipinski definition) is 1. The van der Waals surface area contributed by atoms with Crippen LogP contribution in [0.5, 0.6) is 0 Å². The van der Waals surface area contributed by atoms with Gasteiger partial charge in [-0.15, -0.1) is 0 Å². The average Bonchev–Trinajstić information content (AvgIpc) is 1.83. The Hall–Kier alpha value is -0.600. The second kappa shape index (κ2) is 4.30. The fourth-order valence-electron chi connectivity index (χ4n) is 0.466. The van der Waals surface area contributed by atoms with Gasteiger partial charge in [-0.25, -0.2) is 0 Å². The van der Waals surface area contributed by atoms with Crippen LogP contribution in [-0.4, -0.2) is 12.6 Å². The van der Waals surface area contributed by atoms with Crippen molar-refractivity contribution in [1.82, 2.24) is 0 Å². The largest absolute Gasteiger partial charge is 0.370 e. The summed E-state index contributed by atoms with van der Waals surface area (Å²) in [5.74, 6) is -0.382. The van der Waals surface area contributed by atoms with Gasteiger partial charge in [0, 0.05) is 6.42 Å². The van der Waals surface area contributed by atoms with Gasteiger partial charge in [0.1, 0.15) is 0 Å². The molecule has 0 fully saturated rings. The third-order valence-corrected chi connectivity index (χ3v) is 1.15. The number of nitrogens with two attached hydrogens (primary N) is 1. The second-order valence-electron chi connectivity index (χ2n) is 2.26. The summed E-state index contributed by atoms with van der Waals surface area (Å²) in [5, 5.41) is 0. The van der Waals surface area contributed by atoms with E-state index in [9.17, 15) is 9.18 Å². The van der Waals surface area contributed by atoms with Crippen LogP contribution in [0, 0.1) is 5.92 Å². The Labute approximate surface area is 54.2 Å². The van der Waals surface area contributed by atoms with E-state index < -0.39 is 0 Å². The summed E-state index contributed by atoms with van der Waals surface area (Å²) in [6.07, 6.45) is 0.858. The highest BCUT2D eigenvalue weighted by Crippen LogP contribution is 2.04. The molecule has 2 N–H and O–H groups in total. The van der Waals surface area contributed by atoms with Crippen LogP contribution >= 0.6 is 0 Å². The number of alkyl halides is 1. The molecule has 0 rings (SSSR count). The van der Waals surface area contributed by atoms with Crippen LogP contribution < -0.4 is 5.73 Å². The van der Waals surface area contributed by atoms with E-state index in [1.165, 1.54) is 0 Å². The lowest BCUT2D eigenvalue weighted by Crippen LogP contribution is -2.12. The Morgan fingerprint density at radius 2 is 2.33 bits per heavy atom. The van der Waals surface area contributed by atoms with Crippen LogP contribution in [0.2, 0.25) is 0 Å². The van der Waals surface area contributed by atoms with Crippen LogP contribution in [0.1, 0.15) is 19.8 Å². The minimum Gasteiger partial charge on any atom is -0.370 e. The molecule has 0 radical (unpaired) electrons. The molecule has 0 bridgehead atoms. The lowest BCUT2D eigenvalue weighted by molar-refractivity contribution is -0.118. The average molecular weight is 133 g/mol. The van der Waals surface area contributed by atoms with Gasteiger partial charge in [-0.05, 0) is 12.3 Å². The van der Waals surface area contributed by atoms with Crippen molar-refractivity contribution < 1.29 is 9.18 Å². The predicted octanol–water partition coefficient (Wildman–Crippen LogP) is 0.857. The van der Waals surface area contributed by atoms with Crippen LogP contribution in [0.15, 0.2) is 0 Å². The zero-order chi connectivity index (χ0) is 7.28. The number of carbonyl (C=O) groups excluding carboxylic acids is 1. The molecule has 0 aliphatic rings. The van der Waals surface area contributed by atoms with Gasteiger partial charge in [0.2, 0.25) is 5.91 Å². The molecule has 0 heterocycles. The Bertz CT molecular complexity index is 95.1. The highest BCUT2D eigenvalue weighted by atomic mass is 19.1. The summed E-state index contributed by atoms with van der Waals surface area (Å²) in [5.41, 5.74) is 4.83. The first-order valence-corrected chi connectivity index (χ1v) is 3.01. The number of primary amides is 1. The van der Waals surface area contributed by atoms with Gasteiger partial charge in [0.15, 0.2) is 0 Å². The molecule has 0 aliphatic carbocycles. The van der Waals surface area contributed by atoms with E-state index in [1.54, 1.807) is 6.92 Å². The zero-order valence-electron chi connectivity index (χ0n) is 5.56. The van der Waals surface area contributed by atoms with Crippen LogP contribution in [-0.2, 0) is 4.79 Å². The fourth-order valence-corrected chi connectivity index (χ4v) is 0.466. The molecule has 0 saturated carbocycles. The van der Waals surface area contributed by atoms with Gasteiger partial charge in [-0.3, -0.25) is 9.18 Å². The van der Waals surface area contributed by atoms with Gasteiger partial charge in [-0.2, -0.15) is 0 Å². The van der Waals surface area contributed by atoms with Crippen molar-refractivity contribution in [3.8, 4) is 0 Å². The monoisotopic (exact) mass is 133 g/mol. The second-order valence-corrected chi connectivity index (χ2v) is 2.26. The molecule has 2 nitrogen and oxygen atoms in total. The predicted molar refractivity (Wildman–Crippen MR) is 33.6 cm³/mol. The molecule has 3 heteroatoms. The molecule has 0 aliphatic heterocycles. The number of halogens is 1. The SMILES string of the molecule is CC(CF)CCC(N)=O. The van der Waals surface area contributed by atoms with Crippen LogP contribution in [0.4, 0.5) is 4.39 Å². The standard InChI is InChI=1S/C6H12FNO/c1-5(4-7)2-3-6(8)9/h5H,2-4H2,1H3,(H2,8,9). The third kappa shape index (κ3) is 5.27. The maximum atomic E-state index is 11.7. The van der Waals surface area contributed by atoms with Gasteiger partial charge in [0.05, 0.1) is 6.67 Å². The molecule has 1 unspecified atom stereocenters. The molecule has 0 spiro atoms. The van der Waals surface area contributed by atoms with Gasteiger partial charge in [0.25, 0.3) is 0 Å². The summed E-state index contributed by atoms with van der Waals surface area (Å²) in [4.78, 5) is 10.1. The van der Waals surface area contributed by atoms with Crippen molar-refractivity contribution in [2.75, 3.05) is 6.67 Å². The first-order valence-electron chi connectivity index (χ1n) is 3.01. The van der Waals surface area contributed by atoms with Crippen molar-refractivity contribution in [2.45, 2.75) is 19.8 Å². The van der Waals surface area contributed by atoms with Crippen molar-refractivity contribution in [3.05, 3.63) is 0 Å². The zero-order valence-corrected chi connectivity index (χ0v) is 5.56. The minimum absolute atomic E-state index is 0.0301. The van der Waals surface area contributed by atoms with Crippen molar-refractivity contribution >= 4 is 5.91 Å². The lowest BCUT2D eigenvalue weighted by atomic mass is 10.1. The Kier molecular flexibility index (Phi) is 4.01. The highest BCUT2D eigenvalue weighted by Gasteiger charge is 2.02. The van der Waals surface area contributed by atoms with E-state index in [0.29, 0.717) is 12.8 Å². The van der Waals surface area contributed by atoms with Gasteiger partial charge >= 0.3 is 0 Å². The normalized spacial score (nSPS) is 13.1. The quantitative estimate of drug-likeness (QED) is 0.607. The van der Waals surface area contributed by atoms with Gasteiger partial charge < -0.3 is 5.73 Å². The Balaban J connectivity index is 3.16. The summed E-state index contributed by atoms with van der Waals surface area (Å²) < 4.78 is 11.7. The van der Waals surface area contributed by atoms with Crippen LogP contribution in [0.25, 0.3) is 0 Å². The van der Waals surface area contributed by atoms with E-state index in [-0.39, 0.29) is 18.5 Å². The van der Waals surface area contributed by atoms with E-state index in [0.717, 1.165) is 0 Å². The fraction of sp³-hybridized carbons (Fsp3) is 0.833. The molecule has 9 heavy (non-hydrogen) atoms. The first-order chi connectivity index (χ1) is 4.16. The van der Waals surface area contributed by atoms with E-state index >= 15 is 0 Å². The molecule has 0 saturated heterocycles. The number of rotatable bonds is 4. The summed E-state index contributed by atoms with van der Waals surface area (Å²) in [6.45, 7) is 1.39. The van der Waals surface area contributed by atoms with Gasteiger partial charge in [-0.1, -0.05) is 6.92 Å². The van der Waals surface area contributed by atoms with Crippen molar-refractivity contribution in [3.63, 3.8) is 0 Å². The molecule has 0 aromatic heterocycles. The summed E-state index contributed by atoms with van der Waals surface area (Å²) in [7, 11) is 0. The number of amides is 1. The Morgan fingerprint density at radius 1 is 1.78 bits per heavy atom. The van der Waals surface area contributed by atoms with Crippen molar-refractivity contribution in [1.29, 1.82) is 0 Å². The minimum atomic E-state index is -0.368. The highest BCUT2D eigenvalue weighted by molar-refractivity contribution is 5.73. The molecule has 0 aromatic rings. The maximum Gasteiger partial charge on any atom is 0.217 e. The maximum absolute atomic E-state index is 11.7. The van der Waals surface area contributed by atoms with E-state index in [2.05, 4.69) is 0 Å². The van der Waals surface area contributed by atoms with E-state index in [1.807, 2.05) is 0 Å². The summed E-state index contributed by atoms with van der Waals surface area (Å²) >= 11 is 0. The van der Waals surface area contributed by atoms with Crippen LogP contribution in [0.3, 0.4) is 0 Å². The lowest BCUT2D eigenvalue weighted by Gasteiger charge is -2.01. The van der Waals surface area contributed by atoms with Crippen molar-refractivity contribution in [2.24, 2.45) is 11.7 Å². The Morgan fingerprint density at radius 3 is 2.67 bits per heavy atom. The number of carbonyl (C=O) groups is 1. The smallest absolute Gasteiger partial charge is 0.217 e. The molecular weight excluding hydrogens is 121 g/mol. The summed E-state index contributed by atoms with van der Waals surface area (Å²) in [6, 6.07) is 0. The molecule has 1 atom stereocenters. The third-order valence-electron chi connectivity index (χ3n) is 1.15. The molecule has 54 valence electrons. The first kappa shape index (κ1) is 8.40. The topological polar surface area (TPSA) is 43.1 Å². The molecule has 0 aromatic carbocycles.